The van der Waals surface area contributed by atoms with Gasteiger partial charge in [0.25, 0.3) is 5.91 Å². The van der Waals surface area contributed by atoms with Gasteiger partial charge in [-0.15, -0.1) is 0 Å². The van der Waals surface area contributed by atoms with Crippen molar-refractivity contribution in [3.8, 4) is 11.1 Å². The van der Waals surface area contributed by atoms with Crippen LogP contribution in [-0.4, -0.2) is 49.5 Å². The van der Waals surface area contributed by atoms with Crippen molar-refractivity contribution in [2.75, 3.05) is 5.75 Å². The molecule has 0 radical (unpaired) electrons. The summed E-state index contributed by atoms with van der Waals surface area (Å²) in [6.07, 6.45) is 2.91. The lowest BCUT2D eigenvalue weighted by Gasteiger charge is -2.21. The number of amides is 1. The van der Waals surface area contributed by atoms with Crippen molar-refractivity contribution in [2.45, 2.75) is 72.0 Å². The molecule has 0 fully saturated rings. The van der Waals surface area contributed by atoms with Crippen molar-refractivity contribution < 1.29 is 19.5 Å². The zero-order valence-electron chi connectivity index (χ0n) is 29.2. The fourth-order valence-corrected chi connectivity index (χ4v) is 7.19. The van der Waals surface area contributed by atoms with E-state index in [1.165, 1.54) is 11.8 Å². The molecule has 8 nitrogen and oxygen atoms in total. The van der Waals surface area contributed by atoms with E-state index in [0.29, 0.717) is 35.8 Å². The van der Waals surface area contributed by atoms with Crippen LogP contribution in [0.25, 0.3) is 22.2 Å². The molecule has 0 bridgehead atoms. The second-order valence-corrected chi connectivity index (χ2v) is 14.3. The molecule has 4 aromatic carbocycles. The Morgan fingerprint density at radius 2 is 1.64 bits per heavy atom. The quantitative estimate of drug-likeness (QED) is 0.103. The van der Waals surface area contributed by atoms with Crippen LogP contribution in [0.2, 0.25) is 0 Å². The Labute approximate surface area is 298 Å². The Morgan fingerprint density at radius 3 is 2.32 bits per heavy atom. The average molecular weight is 691 g/mol. The minimum Gasteiger partial charge on any atom is -0.478 e. The Balaban J connectivity index is 1.35. The van der Waals surface area contributed by atoms with Gasteiger partial charge < -0.3 is 20.7 Å². The molecule has 0 aliphatic heterocycles. The number of aromatic carboxylic acids is 1. The van der Waals surface area contributed by atoms with Crippen LogP contribution in [-0.2, 0) is 24.2 Å². The number of rotatable bonds is 15. The van der Waals surface area contributed by atoms with Crippen molar-refractivity contribution in [1.82, 2.24) is 14.9 Å². The zero-order valence-corrected chi connectivity index (χ0v) is 30.0. The third-order valence-corrected chi connectivity index (χ3v) is 9.90. The Kier molecular flexibility index (Phi) is 12.3. The summed E-state index contributed by atoms with van der Waals surface area (Å²) in [5, 5.41) is 12.8. The van der Waals surface area contributed by atoms with Crippen LogP contribution in [0.4, 0.5) is 0 Å². The van der Waals surface area contributed by atoms with E-state index < -0.39 is 12.0 Å². The fraction of sp³-hybridized carbons (Fsp3) is 0.317. The molecular weight excluding hydrogens is 645 g/mol. The largest absolute Gasteiger partial charge is 0.478 e. The normalized spacial score (nSPS) is 12.6. The van der Waals surface area contributed by atoms with Gasteiger partial charge in [0.2, 0.25) is 5.12 Å². The molecule has 1 amide bonds. The van der Waals surface area contributed by atoms with E-state index in [2.05, 4.69) is 30.7 Å². The second kappa shape index (κ2) is 16.8. The number of carboxylic acid groups (broad SMARTS) is 1. The van der Waals surface area contributed by atoms with Gasteiger partial charge in [-0.1, -0.05) is 105 Å². The summed E-state index contributed by atoms with van der Waals surface area (Å²) in [6.45, 7) is 8.86. The van der Waals surface area contributed by atoms with Crippen LogP contribution in [0, 0.1) is 12.8 Å². The monoisotopic (exact) mass is 690 g/mol. The van der Waals surface area contributed by atoms with Gasteiger partial charge in [0.15, 0.2) is 0 Å². The van der Waals surface area contributed by atoms with Gasteiger partial charge in [-0.25, -0.2) is 9.78 Å². The third-order valence-electron chi connectivity index (χ3n) is 8.74. The molecule has 5 aromatic rings. The smallest absolute Gasteiger partial charge is 0.336 e. The van der Waals surface area contributed by atoms with E-state index in [-0.39, 0.29) is 22.6 Å². The summed E-state index contributed by atoms with van der Waals surface area (Å²) in [5.74, 6) is 0.564. The molecule has 0 aliphatic rings. The highest BCUT2D eigenvalue weighted by Crippen LogP contribution is 2.27. The number of aromatic nitrogens is 2. The summed E-state index contributed by atoms with van der Waals surface area (Å²) < 4.78 is 2.18. The number of imidazole rings is 1. The number of hydrogen-bond donors (Lipinski definition) is 3. The molecule has 50 heavy (non-hydrogen) atoms. The maximum Gasteiger partial charge on any atom is 0.336 e. The molecule has 0 aliphatic carbocycles. The summed E-state index contributed by atoms with van der Waals surface area (Å²) >= 11 is 1.19. The third kappa shape index (κ3) is 9.08. The molecular formula is C41H46N4O4S. The van der Waals surface area contributed by atoms with Crippen LogP contribution >= 0.6 is 11.8 Å². The molecule has 0 saturated carbocycles. The molecule has 9 heteroatoms. The number of thioether (sulfide) groups is 1. The first-order valence-electron chi connectivity index (χ1n) is 17.2. The number of nitrogens with zero attached hydrogens (tertiary/aromatic N) is 2. The SMILES string of the molecule is CCCc1nc2c(C)cc(C(=O)NC(CSC(=O)C(N)Cc3ccccc3)CC(C)C)cc2n1Cc1ccc(-c2ccccc2C(=O)O)cc1. The average Bonchev–Trinajstić information content (AvgIpc) is 3.44. The summed E-state index contributed by atoms with van der Waals surface area (Å²) in [6, 6.07) is 27.7. The first-order chi connectivity index (χ1) is 24.0. The predicted octanol–water partition coefficient (Wildman–Crippen LogP) is 7.69. The summed E-state index contributed by atoms with van der Waals surface area (Å²) in [4.78, 5) is 43.5. The number of hydrogen-bond acceptors (Lipinski definition) is 6. The first-order valence-corrected chi connectivity index (χ1v) is 18.2. The van der Waals surface area contributed by atoms with Crippen LogP contribution < -0.4 is 11.1 Å². The minimum absolute atomic E-state index is 0.0828. The van der Waals surface area contributed by atoms with Gasteiger partial charge in [-0.2, -0.15) is 0 Å². The zero-order chi connectivity index (χ0) is 35.8. The van der Waals surface area contributed by atoms with Crippen molar-refractivity contribution in [3.63, 3.8) is 0 Å². The lowest BCUT2D eigenvalue weighted by molar-refractivity contribution is -0.112. The van der Waals surface area contributed by atoms with Crippen molar-refractivity contribution in [2.24, 2.45) is 11.7 Å². The summed E-state index contributed by atoms with van der Waals surface area (Å²) in [7, 11) is 0. The highest BCUT2D eigenvalue weighted by atomic mass is 32.2. The molecule has 0 saturated heterocycles. The summed E-state index contributed by atoms with van der Waals surface area (Å²) in [5.41, 5.74) is 13.3. The number of carboxylic acids is 1. The number of benzene rings is 4. The van der Waals surface area contributed by atoms with Crippen LogP contribution in [0.1, 0.15) is 76.8 Å². The van der Waals surface area contributed by atoms with E-state index in [1.54, 1.807) is 12.1 Å². The van der Waals surface area contributed by atoms with E-state index in [1.807, 2.05) is 85.8 Å². The standard InChI is InChI=1S/C41H46N4O4S/c1-5-11-37-44-38-27(4)21-31(39(46)43-32(20-26(2)3)25-50-41(49)35(42)22-28-12-7-6-8-13-28)23-36(38)45(37)24-29-16-18-30(19-17-29)33-14-9-10-15-34(33)40(47)48/h6-10,12-19,21,23,26,32,35H,5,11,20,22,24-25,42H2,1-4H3,(H,43,46)(H,47,48). The van der Waals surface area contributed by atoms with Gasteiger partial charge in [0.05, 0.1) is 22.6 Å². The van der Waals surface area contributed by atoms with Gasteiger partial charge >= 0.3 is 5.97 Å². The number of carbonyl (C=O) groups excluding carboxylic acids is 2. The fourth-order valence-electron chi connectivity index (χ4n) is 6.30. The minimum atomic E-state index is -0.959. The number of nitrogens with one attached hydrogen (secondary N) is 1. The predicted molar refractivity (Wildman–Crippen MR) is 203 cm³/mol. The van der Waals surface area contributed by atoms with E-state index in [4.69, 9.17) is 10.7 Å². The van der Waals surface area contributed by atoms with Crippen molar-refractivity contribution in [3.05, 3.63) is 125 Å². The van der Waals surface area contributed by atoms with Crippen LogP contribution in [0.15, 0.2) is 91.0 Å². The molecule has 0 spiro atoms. The van der Waals surface area contributed by atoms with Gasteiger partial charge in [-0.3, -0.25) is 9.59 Å². The second-order valence-electron chi connectivity index (χ2n) is 13.3. The van der Waals surface area contributed by atoms with Gasteiger partial charge in [0.1, 0.15) is 5.82 Å². The molecule has 260 valence electrons. The van der Waals surface area contributed by atoms with Gasteiger partial charge in [-0.05, 0) is 78.1 Å². The maximum absolute atomic E-state index is 13.8. The lowest BCUT2D eigenvalue weighted by Crippen LogP contribution is -2.39. The molecule has 2 atom stereocenters. The molecule has 1 aromatic heterocycles. The number of aryl methyl sites for hydroxylation is 2. The Hall–Kier alpha value is -4.73. The molecule has 5 rings (SSSR count). The van der Waals surface area contributed by atoms with Crippen LogP contribution in [0.3, 0.4) is 0 Å². The molecule has 1 heterocycles. The molecule has 4 N–H and O–H groups in total. The number of nitrogens with two attached hydrogens (primary N) is 1. The van der Waals surface area contributed by atoms with Crippen LogP contribution in [0.5, 0.6) is 0 Å². The number of carbonyl (C=O) groups is 3. The molecule has 2 unspecified atom stereocenters. The maximum atomic E-state index is 13.8. The van der Waals surface area contributed by atoms with Crippen molar-refractivity contribution >= 4 is 39.8 Å². The first kappa shape index (κ1) is 36.5. The topological polar surface area (TPSA) is 127 Å². The van der Waals surface area contributed by atoms with E-state index in [9.17, 15) is 19.5 Å². The van der Waals surface area contributed by atoms with Crippen molar-refractivity contribution in [1.29, 1.82) is 0 Å². The van der Waals surface area contributed by atoms with E-state index in [0.717, 1.165) is 58.4 Å². The van der Waals surface area contributed by atoms with E-state index >= 15 is 0 Å². The van der Waals surface area contributed by atoms with Gasteiger partial charge in [0, 0.05) is 30.3 Å². The Bertz CT molecular complexity index is 1950. The number of fused-ring (bicyclic) bond motifs is 1. The highest BCUT2D eigenvalue weighted by Gasteiger charge is 2.22. The highest BCUT2D eigenvalue weighted by molar-refractivity contribution is 8.13. The Morgan fingerprint density at radius 1 is 0.940 bits per heavy atom. The lowest BCUT2D eigenvalue weighted by atomic mass is 9.98.